The Balaban J connectivity index is 1.79. The van der Waals surface area contributed by atoms with Crippen molar-refractivity contribution in [1.82, 2.24) is 5.32 Å². The minimum absolute atomic E-state index is 0.00592. The van der Waals surface area contributed by atoms with Crippen molar-refractivity contribution in [2.45, 2.75) is 38.1 Å². The largest absolute Gasteiger partial charge is 0.508 e. The van der Waals surface area contributed by atoms with Crippen molar-refractivity contribution in [3.63, 3.8) is 0 Å². The topological polar surface area (TPSA) is 69.6 Å². The van der Waals surface area contributed by atoms with Gasteiger partial charge < -0.3 is 15.5 Å². The first-order chi connectivity index (χ1) is 9.20. The lowest BCUT2D eigenvalue weighted by molar-refractivity contribution is -0.122. The number of aliphatic hydroxyl groups is 1. The van der Waals surface area contributed by atoms with Gasteiger partial charge in [0.25, 0.3) is 0 Å². The zero-order chi connectivity index (χ0) is 13.7. The number of amides is 1. The van der Waals surface area contributed by atoms with E-state index in [0.29, 0.717) is 25.2 Å². The molecule has 1 saturated carbocycles. The van der Waals surface area contributed by atoms with Gasteiger partial charge in [-0.05, 0) is 43.2 Å². The summed E-state index contributed by atoms with van der Waals surface area (Å²) in [5.41, 5.74) is 0.794. The third-order valence-corrected chi connectivity index (χ3v) is 3.59. The van der Waals surface area contributed by atoms with Gasteiger partial charge in [-0.15, -0.1) is 0 Å². The van der Waals surface area contributed by atoms with Gasteiger partial charge in [-0.25, -0.2) is 0 Å². The molecule has 0 spiro atoms. The van der Waals surface area contributed by atoms with Gasteiger partial charge in [-0.3, -0.25) is 4.79 Å². The highest BCUT2D eigenvalue weighted by molar-refractivity contribution is 5.76. The number of aryl methyl sites for hydroxylation is 1. The Bertz CT molecular complexity index is 429. The number of para-hydroxylation sites is 1. The molecular formula is C15H21NO3. The summed E-state index contributed by atoms with van der Waals surface area (Å²) < 4.78 is 0. The molecule has 1 atom stereocenters. The van der Waals surface area contributed by atoms with Gasteiger partial charge in [0.15, 0.2) is 0 Å². The molecule has 2 rings (SSSR count). The molecule has 0 saturated heterocycles. The minimum atomic E-state index is -0.00592. The fraction of sp³-hybridized carbons (Fsp3) is 0.533. The third-order valence-electron chi connectivity index (χ3n) is 3.59. The summed E-state index contributed by atoms with van der Waals surface area (Å²) in [6.07, 6.45) is 3.82. The molecule has 1 aliphatic rings. The van der Waals surface area contributed by atoms with Crippen LogP contribution in [0.1, 0.15) is 31.2 Å². The summed E-state index contributed by atoms with van der Waals surface area (Å²) in [6.45, 7) is 0.112. The van der Waals surface area contributed by atoms with Crippen molar-refractivity contribution < 1.29 is 15.0 Å². The maximum Gasteiger partial charge on any atom is 0.220 e. The van der Waals surface area contributed by atoms with E-state index in [9.17, 15) is 9.90 Å². The molecule has 0 radical (unpaired) electrons. The number of carbonyl (C=O) groups excluding carboxylic acids is 1. The fourth-order valence-corrected chi connectivity index (χ4v) is 2.31. The quantitative estimate of drug-likeness (QED) is 0.700. The van der Waals surface area contributed by atoms with Gasteiger partial charge in [0, 0.05) is 19.1 Å². The minimum Gasteiger partial charge on any atom is -0.508 e. The smallest absolute Gasteiger partial charge is 0.220 e. The van der Waals surface area contributed by atoms with E-state index in [0.717, 1.165) is 18.4 Å². The monoisotopic (exact) mass is 263 g/mol. The van der Waals surface area contributed by atoms with E-state index >= 15 is 0 Å². The van der Waals surface area contributed by atoms with Crippen molar-refractivity contribution in [3.05, 3.63) is 29.8 Å². The molecule has 1 unspecified atom stereocenters. The number of hydrogen-bond acceptors (Lipinski definition) is 3. The number of hydrogen-bond donors (Lipinski definition) is 3. The van der Waals surface area contributed by atoms with Crippen LogP contribution in [0.4, 0.5) is 0 Å². The first-order valence-electron chi connectivity index (χ1n) is 6.88. The van der Waals surface area contributed by atoms with Crippen molar-refractivity contribution in [2.24, 2.45) is 5.92 Å². The summed E-state index contributed by atoms with van der Waals surface area (Å²) in [5.74, 6) is 0.777. The van der Waals surface area contributed by atoms with Crippen molar-refractivity contribution in [3.8, 4) is 5.75 Å². The highest BCUT2D eigenvalue weighted by atomic mass is 16.3. The first-order valence-corrected chi connectivity index (χ1v) is 6.88. The molecule has 1 aliphatic carbocycles. The fourth-order valence-electron chi connectivity index (χ4n) is 2.31. The molecule has 1 fully saturated rings. The van der Waals surface area contributed by atoms with E-state index in [1.54, 1.807) is 12.1 Å². The molecule has 4 heteroatoms. The molecule has 1 amide bonds. The summed E-state index contributed by atoms with van der Waals surface area (Å²) in [7, 11) is 0. The highest BCUT2D eigenvalue weighted by Crippen LogP contribution is 2.33. The van der Waals surface area contributed by atoms with E-state index in [4.69, 9.17) is 5.11 Å². The molecule has 3 N–H and O–H groups in total. The summed E-state index contributed by atoms with van der Waals surface area (Å²) in [5, 5.41) is 21.6. The SMILES string of the molecule is O=C(CCc1ccccc1O)NC(CCO)C1CC1. The average Bonchev–Trinajstić information content (AvgIpc) is 3.21. The van der Waals surface area contributed by atoms with Crippen LogP contribution in [0.3, 0.4) is 0 Å². The molecule has 104 valence electrons. The standard InChI is InChI=1S/C15H21NO3/c17-10-9-13(11-5-6-11)16-15(19)8-7-12-3-1-2-4-14(12)18/h1-4,11,13,17-18H,5-10H2,(H,16,19). The maximum absolute atomic E-state index is 11.9. The summed E-state index contributed by atoms with van der Waals surface area (Å²) in [6, 6.07) is 7.19. The number of rotatable bonds is 7. The molecule has 0 aliphatic heterocycles. The summed E-state index contributed by atoms with van der Waals surface area (Å²) >= 11 is 0. The van der Waals surface area contributed by atoms with Gasteiger partial charge in [0.05, 0.1) is 0 Å². The van der Waals surface area contributed by atoms with Crippen LogP contribution < -0.4 is 5.32 Å². The molecular weight excluding hydrogens is 242 g/mol. The third kappa shape index (κ3) is 4.24. The number of benzene rings is 1. The second-order valence-electron chi connectivity index (χ2n) is 5.15. The number of aromatic hydroxyl groups is 1. The molecule has 1 aromatic rings. The number of phenolic OH excluding ortho intramolecular Hbond substituents is 1. The molecule has 19 heavy (non-hydrogen) atoms. The zero-order valence-electron chi connectivity index (χ0n) is 11.0. The molecule has 0 aromatic heterocycles. The van der Waals surface area contributed by atoms with Gasteiger partial charge in [0.2, 0.25) is 5.91 Å². The second kappa shape index (κ2) is 6.57. The number of nitrogens with one attached hydrogen (secondary N) is 1. The van der Waals surface area contributed by atoms with Crippen LogP contribution in [0.25, 0.3) is 0 Å². The number of carbonyl (C=O) groups is 1. The zero-order valence-corrected chi connectivity index (χ0v) is 11.0. The Labute approximate surface area is 113 Å². The van der Waals surface area contributed by atoms with E-state index in [1.807, 2.05) is 12.1 Å². The second-order valence-corrected chi connectivity index (χ2v) is 5.15. The van der Waals surface area contributed by atoms with E-state index in [1.165, 1.54) is 0 Å². The molecule has 0 bridgehead atoms. The van der Waals surface area contributed by atoms with E-state index < -0.39 is 0 Å². The maximum atomic E-state index is 11.9. The molecule has 0 heterocycles. The van der Waals surface area contributed by atoms with Crippen molar-refractivity contribution >= 4 is 5.91 Å². The van der Waals surface area contributed by atoms with Gasteiger partial charge in [-0.2, -0.15) is 0 Å². The van der Waals surface area contributed by atoms with Crippen LogP contribution in [-0.2, 0) is 11.2 Å². The van der Waals surface area contributed by atoms with Crippen LogP contribution in [-0.4, -0.2) is 28.8 Å². The number of phenols is 1. The van der Waals surface area contributed by atoms with Crippen LogP contribution in [0.2, 0.25) is 0 Å². The average molecular weight is 263 g/mol. The first kappa shape index (κ1) is 13.9. The normalized spacial score (nSPS) is 16.1. The van der Waals surface area contributed by atoms with Gasteiger partial charge >= 0.3 is 0 Å². The highest BCUT2D eigenvalue weighted by Gasteiger charge is 2.31. The Morgan fingerprint density at radius 2 is 2.11 bits per heavy atom. The Morgan fingerprint density at radius 1 is 1.37 bits per heavy atom. The van der Waals surface area contributed by atoms with Crippen molar-refractivity contribution in [2.75, 3.05) is 6.61 Å². The van der Waals surface area contributed by atoms with Gasteiger partial charge in [0.1, 0.15) is 5.75 Å². The Hall–Kier alpha value is -1.55. The lowest BCUT2D eigenvalue weighted by atomic mass is 10.1. The van der Waals surface area contributed by atoms with Crippen LogP contribution >= 0.6 is 0 Å². The Morgan fingerprint density at radius 3 is 2.74 bits per heavy atom. The van der Waals surface area contributed by atoms with Crippen LogP contribution in [0.15, 0.2) is 24.3 Å². The molecule has 4 nitrogen and oxygen atoms in total. The van der Waals surface area contributed by atoms with Crippen LogP contribution in [0.5, 0.6) is 5.75 Å². The van der Waals surface area contributed by atoms with Gasteiger partial charge in [-0.1, -0.05) is 18.2 Å². The van der Waals surface area contributed by atoms with Crippen LogP contribution in [0, 0.1) is 5.92 Å². The van der Waals surface area contributed by atoms with Crippen molar-refractivity contribution in [1.29, 1.82) is 0 Å². The van der Waals surface area contributed by atoms with E-state index in [2.05, 4.69) is 5.32 Å². The predicted octanol–water partition coefficient (Wildman–Crippen LogP) is 1.60. The Kier molecular flexibility index (Phi) is 4.80. The summed E-state index contributed by atoms with van der Waals surface area (Å²) in [4.78, 5) is 11.9. The lowest BCUT2D eigenvalue weighted by Crippen LogP contribution is -2.37. The lowest BCUT2D eigenvalue weighted by Gasteiger charge is -2.17. The van der Waals surface area contributed by atoms with E-state index in [-0.39, 0.29) is 24.3 Å². The number of aliphatic hydroxyl groups excluding tert-OH is 1. The predicted molar refractivity (Wildman–Crippen MR) is 72.8 cm³/mol. The molecule has 1 aromatic carbocycles.